The van der Waals surface area contributed by atoms with E-state index in [0.29, 0.717) is 18.7 Å². The fourth-order valence-electron chi connectivity index (χ4n) is 2.24. The van der Waals surface area contributed by atoms with Crippen LogP contribution in [0.1, 0.15) is 31.2 Å². The SMILES string of the molecule is O=C(O)/C=C/c1cc(N2CCCCCC2=O)ccc1F. The molecule has 2 rings (SSSR count). The zero-order chi connectivity index (χ0) is 14.5. The van der Waals surface area contributed by atoms with Crippen LogP contribution in [0.3, 0.4) is 0 Å². The summed E-state index contributed by atoms with van der Waals surface area (Å²) >= 11 is 0. The Hall–Kier alpha value is -2.17. The van der Waals surface area contributed by atoms with Crippen LogP contribution in [0.15, 0.2) is 24.3 Å². The summed E-state index contributed by atoms with van der Waals surface area (Å²) in [7, 11) is 0. The van der Waals surface area contributed by atoms with Gasteiger partial charge in [-0.25, -0.2) is 9.18 Å². The molecule has 1 saturated heterocycles. The molecule has 1 fully saturated rings. The maximum Gasteiger partial charge on any atom is 0.328 e. The van der Waals surface area contributed by atoms with E-state index < -0.39 is 11.8 Å². The van der Waals surface area contributed by atoms with Crippen molar-refractivity contribution in [2.45, 2.75) is 25.7 Å². The molecule has 0 unspecified atom stereocenters. The number of hydrogen-bond acceptors (Lipinski definition) is 2. The minimum atomic E-state index is -1.14. The number of carboxylic acid groups (broad SMARTS) is 1. The number of carboxylic acids is 1. The first-order chi connectivity index (χ1) is 9.58. The van der Waals surface area contributed by atoms with E-state index in [0.717, 1.165) is 25.3 Å². The van der Waals surface area contributed by atoms with E-state index in [4.69, 9.17) is 5.11 Å². The van der Waals surface area contributed by atoms with Gasteiger partial charge >= 0.3 is 5.97 Å². The number of carbonyl (C=O) groups is 2. The molecule has 1 aromatic carbocycles. The summed E-state index contributed by atoms with van der Waals surface area (Å²) < 4.78 is 13.6. The molecule has 1 heterocycles. The van der Waals surface area contributed by atoms with Gasteiger partial charge in [-0.3, -0.25) is 4.79 Å². The third kappa shape index (κ3) is 3.44. The van der Waals surface area contributed by atoms with Gasteiger partial charge in [-0.15, -0.1) is 0 Å². The monoisotopic (exact) mass is 277 g/mol. The van der Waals surface area contributed by atoms with Gasteiger partial charge in [0.25, 0.3) is 0 Å². The molecule has 0 radical (unpaired) electrons. The predicted molar refractivity (Wildman–Crippen MR) is 73.9 cm³/mol. The van der Waals surface area contributed by atoms with Crippen LogP contribution in [-0.4, -0.2) is 23.5 Å². The lowest BCUT2D eigenvalue weighted by Crippen LogP contribution is -2.30. The van der Waals surface area contributed by atoms with Crippen molar-refractivity contribution in [2.24, 2.45) is 0 Å². The van der Waals surface area contributed by atoms with Crippen LogP contribution >= 0.6 is 0 Å². The maximum atomic E-state index is 13.6. The van der Waals surface area contributed by atoms with Crippen LogP contribution in [-0.2, 0) is 9.59 Å². The summed E-state index contributed by atoms with van der Waals surface area (Å²) in [6.45, 7) is 0.618. The number of rotatable bonds is 3. The Morgan fingerprint density at radius 3 is 2.85 bits per heavy atom. The van der Waals surface area contributed by atoms with Gasteiger partial charge in [0, 0.05) is 30.3 Å². The smallest absolute Gasteiger partial charge is 0.328 e. The van der Waals surface area contributed by atoms with Crippen LogP contribution in [0, 0.1) is 5.82 Å². The Morgan fingerprint density at radius 1 is 1.30 bits per heavy atom. The first-order valence-electron chi connectivity index (χ1n) is 6.59. The van der Waals surface area contributed by atoms with Gasteiger partial charge < -0.3 is 10.0 Å². The molecule has 106 valence electrons. The average Bonchev–Trinajstić information content (AvgIpc) is 2.62. The first-order valence-corrected chi connectivity index (χ1v) is 6.59. The third-order valence-electron chi connectivity index (χ3n) is 3.27. The molecule has 1 aliphatic heterocycles. The molecule has 5 heteroatoms. The minimum Gasteiger partial charge on any atom is -0.478 e. The van der Waals surface area contributed by atoms with Crippen molar-refractivity contribution in [3.8, 4) is 0 Å². The standard InChI is InChI=1S/C15H16FNO3/c16-13-7-6-12(10-11(13)5-8-15(19)20)17-9-3-1-2-4-14(17)18/h5-8,10H,1-4,9H2,(H,19,20)/b8-5+. The number of amides is 1. The van der Waals surface area contributed by atoms with Crippen molar-refractivity contribution in [2.75, 3.05) is 11.4 Å². The lowest BCUT2D eigenvalue weighted by atomic mass is 10.1. The quantitative estimate of drug-likeness (QED) is 0.864. The van der Waals surface area contributed by atoms with E-state index in [1.54, 1.807) is 11.0 Å². The topological polar surface area (TPSA) is 57.6 Å². The van der Waals surface area contributed by atoms with Crippen LogP contribution in [0.4, 0.5) is 10.1 Å². The van der Waals surface area contributed by atoms with E-state index in [1.807, 2.05) is 0 Å². The van der Waals surface area contributed by atoms with E-state index in [9.17, 15) is 14.0 Å². The fourth-order valence-corrected chi connectivity index (χ4v) is 2.24. The molecule has 0 atom stereocenters. The number of anilines is 1. The first kappa shape index (κ1) is 14.2. The zero-order valence-corrected chi connectivity index (χ0v) is 11.0. The summed E-state index contributed by atoms with van der Waals surface area (Å²) in [5.41, 5.74) is 0.783. The van der Waals surface area contributed by atoms with Crippen LogP contribution < -0.4 is 4.90 Å². The van der Waals surface area contributed by atoms with Crippen molar-refractivity contribution in [1.82, 2.24) is 0 Å². The molecule has 20 heavy (non-hydrogen) atoms. The Labute approximate surface area is 116 Å². The summed E-state index contributed by atoms with van der Waals surface area (Å²) in [5.74, 6) is -1.61. The summed E-state index contributed by atoms with van der Waals surface area (Å²) in [6, 6.07) is 4.32. The Kier molecular flexibility index (Phi) is 4.50. The van der Waals surface area contributed by atoms with Crippen molar-refractivity contribution < 1.29 is 19.1 Å². The van der Waals surface area contributed by atoms with Gasteiger partial charge in [-0.1, -0.05) is 6.42 Å². The van der Waals surface area contributed by atoms with Crippen LogP contribution in [0.2, 0.25) is 0 Å². The molecule has 0 saturated carbocycles. The third-order valence-corrected chi connectivity index (χ3v) is 3.27. The van der Waals surface area contributed by atoms with Gasteiger partial charge in [0.1, 0.15) is 5.82 Å². The second-order valence-corrected chi connectivity index (χ2v) is 4.73. The van der Waals surface area contributed by atoms with E-state index in [1.165, 1.54) is 18.2 Å². The molecule has 1 amide bonds. The largest absolute Gasteiger partial charge is 0.478 e. The van der Waals surface area contributed by atoms with Crippen molar-refractivity contribution >= 4 is 23.6 Å². The van der Waals surface area contributed by atoms with Crippen molar-refractivity contribution in [3.05, 3.63) is 35.7 Å². The number of nitrogens with zero attached hydrogens (tertiary/aromatic N) is 1. The van der Waals surface area contributed by atoms with Crippen molar-refractivity contribution in [3.63, 3.8) is 0 Å². The van der Waals surface area contributed by atoms with E-state index >= 15 is 0 Å². The molecule has 0 spiro atoms. The number of hydrogen-bond donors (Lipinski definition) is 1. The molecule has 1 aromatic rings. The highest BCUT2D eigenvalue weighted by Gasteiger charge is 2.18. The van der Waals surface area contributed by atoms with E-state index in [-0.39, 0.29) is 11.5 Å². The Bertz CT molecular complexity index is 554. The summed E-state index contributed by atoms with van der Waals surface area (Å²) in [4.78, 5) is 24.1. The molecular formula is C15H16FNO3. The van der Waals surface area contributed by atoms with Gasteiger partial charge in [0.15, 0.2) is 0 Å². The minimum absolute atomic E-state index is 0.0299. The molecule has 4 nitrogen and oxygen atoms in total. The Balaban J connectivity index is 2.30. The van der Waals surface area contributed by atoms with Crippen molar-refractivity contribution in [1.29, 1.82) is 0 Å². The molecule has 1 aliphatic rings. The Morgan fingerprint density at radius 2 is 2.10 bits per heavy atom. The lowest BCUT2D eigenvalue weighted by molar-refractivity contribution is -0.131. The van der Waals surface area contributed by atoms with Crippen LogP contribution in [0.5, 0.6) is 0 Å². The zero-order valence-electron chi connectivity index (χ0n) is 11.0. The number of benzene rings is 1. The second kappa shape index (κ2) is 6.32. The van der Waals surface area contributed by atoms with Gasteiger partial charge in [0.2, 0.25) is 5.91 Å². The molecule has 0 aromatic heterocycles. The fraction of sp³-hybridized carbons (Fsp3) is 0.333. The normalized spacial score (nSPS) is 16.4. The summed E-state index contributed by atoms with van der Waals surface area (Å²) in [6.07, 6.45) is 5.38. The lowest BCUT2D eigenvalue weighted by Gasteiger charge is -2.21. The molecule has 1 N–H and O–H groups in total. The average molecular weight is 277 g/mol. The molecular weight excluding hydrogens is 261 g/mol. The highest BCUT2D eigenvalue weighted by atomic mass is 19.1. The molecule has 0 aliphatic carbocycles. The number of carbonyl (C=O) groups excluding carboxylic acids is 1. The van der Waals surface area contributed by atoms with E-state index in [2.05, 4.69) is 0 Å². The van der Waals surface area contributed by atoms with Gasteiger partial charge in [-0.2, -0.15) is 0 Å². The highest BCUT2D eigenvalue weighted by Crippen LogP contribution is 2.23. The number of halogens is 1. The second-order valence-electron chi connectivity index (χ2n) is 4.73. The number of aliphatic carboxylic acids is 1. The highest BCUT2D eigenvalue weighted by molar-refractivity contribution is 5.94. The maximum absolute atomic E-state index is 13.6. The molecule has 0 bridgehead atoms. The van der Waals surface area contributed by atoms with Gasteiger partial charge in [-0.05, 0) is 37.1 Å². The predicted octanol–water partition coefficient (Wildman–Crippen LogP) is 2.83. The van der Waals surface area contributed by atoms with Crippen LogP contribution in [0.25, 0.3) is 6.08 Å². The summed E-state index contributed by atoms with van der Waals surface area (Å²) in [5, 5.41) is 8.59. The van der Waals surface area contributed by atoms with Gasteiger partial charge in [0.05, 0.1) is 0 Å².